The summed E-state index contributed by atoms with van der Waals surface area (Å²) in [6.45, 7) is -0.454. The van der Waals surface area contributed by atoms with Crippen molar-refractivity contribution in [3.8, 4) is 5.75 Å². The van der Waals surface area contributed by atoms with Gasteiger partial charge in [0.05, 0.1) is 23.2 Å². The van der Waals surface area contributed by atoms with Crippen molar-refractivity contribution >= 4 is 24.0 Å². The summed E-state index contributed by atoms with van der Waals surface area (Å²) in [5.41, 5.74) is 5.20. The van der Waals surface area contributed by atoms with Crippen LogP contribution < -0.4 is 5.73 Å². The lowest BCUT2D eigenvalue weighted by Gasteiger charge is -2.12. The summed E-state index contributed by atoms with van der Waals surface area (Å²) in [5, 5.41) is 18.0. The Bertz CT molecular complexity index is 322. The van der Waals surface area contributed by atoms with E-state index in [4.69, 9.17) is 22.4 Å². The minimum absolute atomic E-state index is 0. The number of hydrogen-bond donors (Lipinski definition) is 3. The maximum absolute atomic E-state index is 13.1. The van der Waals surface area contributed by atoms with Crippen molar-refractivity contribution in [2.24, 2.45) is 5.73 Å². The predicted octanol–water partition coefficient (Wildman–Crippen LogP) is 1.60. The molecule has 0 fully saturated rings. The van der Waals surface area contributed by atoms with Crippen molar-refractivity contribution in [1.82, 2.24) is 0 Å². The second-order valence-corrected chi connectivity index (χ2v) is 2.99. The van der Waals surface area contributed by atoms with E-state index in [1.54, 1.807) is 0 Å². The van der Waals surface area contributed by atoms with Crippen molar-refractivity contribution < 1.29 is 14.6 Å². The first-order valence-electron chi connectivity index (χ1n) is 3.61. The van der Waals surface area contributed by atoms with Crippen LogP contribution in [0.2, 0.25) is 5.02 Å². The highest BCUT2D eigenvalue weighted by Gasteiger charge is 2.17. The monoisotopic (exact) mass is 241 g/mol. The highest BCUT2D eigenvalue weighted by Crippen LogP contribution is 2.32. The Kier molecular flexibility index (Phi) is 5.15. The third-order valence-corrected chi connectivity index (χ3v) is 1.99. The molecule has 1 aromatic carbocycles. The first-order valence-corrected chi connectivity index (χ1v) is 3.99. The van der Waals surface area contributed by atoms with Gasteiger partial charge in [-0.1, -0.05) is 11.6 Å². The highest BCUT2D eigenvalue weighted by atomic mass is 35.5. The van der Waals surface area contributed by atoms with Crippen LogP contribution in [0.25, 0.3) is 0 Å². The molecule has 0 saturated heterocycles. The van der Waals surface area contributed by atoms with Crippen molar-refractivity contribution in [3.05, 3.63) is 28.5 Å². The number of halogens is 3. The van der Waals surface area contributed by atoms with Crippen LogP contribution in [0.5, 0.6) is 5.75 Å². The van der Waals surface area contributed by atoms with Gasteiger partial charge in [-0.25, -0.2) is 4.39 Å². The van der Waals surface area contributed by atoms with E-state index in [9.17, 15) is 9.50 Å². The smallest absolute Gasteiger partial charge is 0.141 e. The van der Waals surface area contributed by atoms with Crippen LogP contribution in [0, 0.1) is 5.82 Å². The zero-order valence-electron chi connectivity index (χ0n) is 7.08. The summed E-state index contributed by atoms with van der Waals surface area (Å²) < 4.78 is 13.1. The third-order valence-electron chi connectivity index (χ3n) is 1.68. The lowest BCUT2D eigenvalue weighted by atomic mass is 10.1. The Morgan fingerprint density at radius 3 is 2.57 bits per heavy atom. The maximum Gasteiger partial charge on any atom is 0.141 e. The van der Waals surface area contributed by atoms with Crippen LogP contribution in [0.4, 0.5) is 4.39 Å². The van der Waals surface area contributed by atoms with Crippen LogP contribution in [0.15, 0.2) is 12.1 Å². The van der Waals surface area contributed by atoms with Gasteiger partial charge in [0.1, 0.15) is 11.6 Å². The number of benzene rings is 1. The molecule has 3 nitrogen and oxygen atoms in total. The summed E-state index contributed by atoms with van der Waals surface area (Å²) in [6.07, 6.45) is 0. The first-order chi connectivity index (χ1) is 6.07. The topological polar surface area (TPSA) is 66.5 Å². The fraction of sp³-hybridized carbons (Fsp3) is 0.250. The lowest BCUT2D eigenvalue weighted by molar-refractivity contribution is 0.262. The molecule has 1 rings (SSSR count). The summed E-state index contributed by atoms with van der Waals surface area (Å²) >= 11 is 5.53. The third kappa shape index (κ3) is 2.48. The molecular formula is C8H10Cl2FNO2. The minimum Gasteiger partial charge on any atom is -0.506 e. The van der Waals surface area contributed by atoms with Gasteiger partial charge >= 0.3 is 0 Å². The number of aromatic hydroxyl groups is 1. The molecule has 0 unspecified atom stereocenters. The van der Waals surface area contributed by atoms with Crippen LogP contribution in [0.1, 0.15) is 11.6 Å². The highest BCUT2D eigenvalue weighted by molar-refractivity contribution is 6.32. The molecule has 0 bridgehead atoms. The maximum atomic E-state index is 13.1. The molecule has 0 spiro atoms. The molecule has 6 heteroatoms. The van der Waals surface area contributed by atoms with Gasteiger partial charge in [-0.2, -0.15) is 0 Å². The Morgan fingerprint density at radius 1 is 1.50 bits per heavy atom. The number of rotatable bonds is 2. The number of phenols is 1. The number of aliphatic hydroxyl groups is 1. The van der Waals surface area contributed by atoms with Gasteiger partial charge in [-0.3, -0.25) is 0 Å². The summed E-state index contributed by atoms with van der Waals surface area (Å²) in [5.74, 6) is -1.09. The molecule has 1 aromatic rings. The Morgan fingerprint density at radius 2 is 2.07 bits per heavy atom. The van der Waals surface area contributed by atoms with E-state index in [2.05, 4.69) is 0 Å². The molecule has 0 heterocycles. The van der Waals surface area contributed by atoms with Gasteiger partial charge in [0, 0.05) is 0 Å². The minimum atomic E-state index is -0.960. The first kappa shape index (κ1) is 13.4. The average molecular weight is 242 g/mol. The van der Waals surface area contributed by atoms with E-state index >= 15 is 0 Å². The van der Waals surface area contributed by atoms with E-state index in [1.165, 1.54) is 6.07 Å². The van der Waals surface area contributed by atoms with E-state index in [0.29, 0.717) is 0 Å². The summed E-state index contributed by atoms with van der Waals surface area (Å²) in [4.78, 5) is 0. The molecule has 0 aliphatic carbocycles. The van der Waals surface area contributed by atoms with E-state index < -0.39 is 24.2 Å². The SMILES string of the molecule is Cl.N[C@H](CO)c1c(F)ccc(Cl)c1O. The average Bonchev–Trinajstić information content (AvgIpc) is 2.12. The van der Waals surface area contributed by atoms with Crippen LogP contribution in [-0.2, 0) is 0 Å². The Balaban J connectivity index is 0.00000169. The van der Waals surface area contributed by atoms with Gasteiger partial charge in [-0.05, 0) is 12.1 Å². The molecule has 80 valence electrons. The fourth-order valence-electron chi connectivity index (χ4n) is 1.00. The number of phenolic OH excluding ortho intramolecular Hbond substituents is 1. The zero-order valence-corrected chi connectivity index (χ0v) is 8.65. The summed E-state index contributed by atoms with van der Waals surface area (Å²) in [7, 11) is 0. The van der Waals surface area contributed by atoms with E-state index in [1.807, 2.05) is 0 Å². The second-order valence-electron chi connectivity index (χ2n) is 2.58. The molecule has 0 aromatic heterocycles. The fourth-order valence-corrected chi connectivity index (χ4v) is 1.17. The van der Waals surface area contributed by atoms with E-state index in [0.717, 1.165) is 6.07 Å². The molecule has 0 aliphatic heterocycles. The van der Waals surface area contributed by atoms with Crippen molar-refractivity contribution in [3.63, 3.8) is 0 Å². The van der Waals surface area contributed by atoms with Crippen molar-refractivity contribution in [2.75, 3.05) is 6.61 Å². The van der Waals surface area contributed by atoms with Crippen LogP contribution in [0.3, 0.4) is 0 Å². The molecule has 14 heavy (non-hydrogen) atoms. The summed E-state index contributed by atoms with van der Waals surface area (Å²) in [6, 6.07) is 1.35. The normalized spacial score (nSPS) is 12.0. The molecule has 0 saturated carbocycles. The molecule has 0 radical (unpaired) electrons. The molecule has 1 atom stereocenters. The van der Waals surface area contributed by atoms with Crippen LogP contribution >= 0.6 is 24.0 Å². The lowest BCUT2D eigenvalue weighted by Crippen LogP contribution is -2.16. The van der Waals surface area contributed by atoms with Gasteiger partial charge in [0.2, 0.25) is 0 Å². The molecule has 0 aliphatic rings. The number of nitrogens with two attached hydrogens (primary N) is 1. The Labute approximate surface area is 91.7 Å². The quantitative estimate of drug-likeness (QED) is 0.737. The molecule has 0 amide bonds. The molecular weight excluding hydrogens is 232 g/mol. The standard InChI is InChI=1S/C8H9ClFNO2.ClH/c9-4-1-2-5(10)7(8(4)13)6(11)3-12;/h1-2,6,12-13H,3,11H2;1H/t6-;/m1./s1. The predicted molar refractivity (Wildman–Crippen MR) is 54.3 cm³/mol. The second kappa shape index (κ2) is 5.36. The zero-order chi connectivity index (χ0) is 10.0. The molecule has 4 N–H and O–H groups in total. The van der Waals surface area contributed by atoms with Crippen LogP contribution in [-0.4, -0.2) is 16.8 Å². The number of aliphatic hydroxyl groups excluding tert-OH is 1. The van der Waals surface area contributed by atoms with Crippen molar-refractivity contribution in [2.45, 2.75) is 6.04 Å². The number of hydrogen-bond acceptors (Lipinski definition) is 3. The van der Waals surface area contributed by atoms with Gasteiger partial charge in [0.15, 0.2) is 0 Å². The Hall–Kier alpha value is -0.550. The largest absolute Gasteiger partial charge is 0.506 e. The van der Waals surface area contributed by atoms with E-state index in [-0.39, 0.29) is 23.0 Å². The van der Waals surface area contributed by atoms with Gasteiger partial charge < -0.3 is 15.9 Å². The van der Waals surface area contributed by atoms with Crippen molar-refractivity contribution in [1.29, 1.82) is 0 Å². The van der Waals surface area contributed by atoms with Gasteiger partial charge in [-0.15, -0.1) is 12.4 Å². The van der Waals surface area contributed by atoms with Gasteiger partial charge in [0.25, 0.3) is 0 Å².